The van der Waals surface area contributed by atoms with Crippen molar-refractivity contribution in [2.45, 2.75) is 0 Å². The summed E-state index contributed by atoms with van der Waals surface area (Å²) in [5, 5.41) is 9.29. The van der Waals surface area contributed by atoms with Crippen molar-refractivity contribution < 1.29 is 14.7 Å². The number of anilines is 1. The van der Waals surface area contributed by atoms with Crippen molar-refractivity contribution in [2.75, 3.05) is 5.73 Å². The summed E-state index contributed by atoms with van der Waals surface area (Å²) >= 11 is 5.78. The molecule has 0 bridgehead atoms. The second-order valence-electron chi connectivity index (χ2n) is 3.88. The Morgan fingerprint density at radius 1 is 1.05 bits per heavy atom. The molecule has 2 aromatic rings. The molecule has 3 N–H and O–H groups in total. The largest absolute Gasteiger partial charge is 0.478 e. The lowest BCUT2D eigenvalue weighted by molar-refractivity contribution is 0.0694. The molecule has 0 saturated heterocycles. The fourth-order valence-corrected chi connectivity index (χ4v) is 1.92. The first kappa shape index (κ1) is 13.1. The van der Waals surface area contributed by atoms with Crippen LogP contribution >= 0.6 is 11.6 Å². The average molecular weight is 276 g/mol. The molecule has 0 saturated carbocycles. The van der Waals surface area contributed by atoms with Gasteiger partial charge >= 0.3 is 5.97 Å². The highest BCUT2D eigenvalue weighted by Crippen LogP contribution is 2.27. The van der Waals surface area contributed by atoms with Crippen LogP contribution in [0.5, 0.6) is 0 Å². The summed E-state index contributed by atoms with van der Waals surface area (Å²) in [6.07, 6.45) is 0. The van der Waals surface area contributed by atoms with E-state index in [0.29, 0.717) is 5.56 Å². The van der Waals surface area contributed by atoms with Crippen molar-refractivity contribution in [1.29, 1.82) is 0 Å². The molecule has 0 spiro atoms. The standard InChI is InChI=1S/C14H10ClNO3/c15-10-7-6-9(11(12(10)16)14(18)19)13(17)8-4-2-1-3-5-8/h1-7H,16H2,(H,18,19). The van der Waals surface area contributed by atoms with Crippen LogP contribution in [0.25, 0.3) is 0 Å². The van der Waals surface area contributed by atoms with E-state index in [9.17, 15) is 14.7 Å². The zero-order chi connectivity index (χ0) is 14.0. The third kappa shape index (κ3) is 2.44. The first-order valence-electron chi connectivity index (χ1n) is 5.43. The van der Waals surface area contributed by atoms with Crippen LogP contribution < -0.4 is 5.73 Å². The Bertz CT molecular complexity index is 653. The molecular weight excluding hydrogens is 266 g/mol. The minimum atomic E-state index is -1.28. The fourth-order valence-electron chi connectivity index (χ4n) is 1.76. The highest BCUT2D eigenvalue weighted by molar-refractivity contribution is 6.34. The topological polar surface area (TPSA) is 80.4 Å². The summed E-state index contributed by atoms with van der Waals surface area (Å²) in [4.78, 5) is 23.5. The maximum absolute atomic E-state index is 12.3. The second-order valence-corrected chi connectivity index (χ2v) is 4.29. The Labute approximate surface area is 114 Å². The molecule has 0 aliphatic rings. The molecule has 19 heavy (non-hydrogen) atoms. The molecular formula is C14H10ClNO3. The fraction of sp³-hybridized carbons (Fsp3) is 0. The SMILES string of the molecule is Nc1c(Cl)ccc(C(=O)c2ccccc2)c1C(=O)O. The Balaban J connectivity index is 2.61. The summed E-state index contributed by atoms with van der Waals surface area (Å²) in [5.41, 5.74) is 5.70. The Hall–Kier alpha value is -2.33. The molecule has 0 aliphatic carbocycles. The van der Waals surface area contributed by atoms with Crippen molar-refractivity contribution in [3.63, 3.8) is 0 Å². The van der Waals surface area contributed by atoms with Gasteiger partial charge in [-0.15, -0.1) is 0 Å². The summed E-state index contributed by atoms with van der Waals surface area (Å²) in [5.74, 6) is -1.68. The maximum Gasteiger partial charge on any atom is 0.338 e. The first-order chi connectivity index (χ1) is 9.02. The van der Waals surface area contributed by atoms with Gasteiger partial charge in [0.25, 0.3) is 0 Å². The van der Waals surface area contributed by atoms with Crippen LogP contribution in [-0.2, 0) is 0 Å². The summed E-state index contributed by atoms with van der Waals surface area (Å²) in [7, 11) is 0. The van der Waals surface area contributed by atoms with Gasteiger partial charge in [-0.2, -0.15) is 0 Å². The number of aromatic carboxylic acids is 1. The van der Waals surface area contributed by atoms with Crippen molar-refractivity contribution >= 4 is 29.0 Å². The van der Waals surface area contributed by atoms with Crippen LogP contribution in [0.4, 0.5) is 5.69 Å². The predicted molar refractivity (Wildman–Crippen MR) is 72.7 cm³/mol. The minimum Gasteiger partial charge on any atom is -0.478 e. The summed E-state index contributed by atoms with van der Waals surface area (Å²) in [6, 6.07) is 11.2. The van der Waals surface area contributed by atoms with Gasteiger partial charge in [-0.3, -0.25) is 4.79 Å². The Morgan fingerprint density at radius 3 is 2.26 bits per heavy atom. The lowest BCUT2D eigenvalue weighted by atomic mass is 9.97. The van der Waals surface area contributed by atoms with E-state index in [1.54, 1.807) is 30.3 Å². The van der Waals surface area contributed by atoms with E-state index in [2.05, 4.69) is 0 Å². The molecule has 0 amide bonds. The quantitative estimate of drug-likeness (QED) is 0.667. The number of nitrogen functional groups attached to an aromatic ring is 1. The summed E-state index contributed by atoms with van der Waals surface area (Å²) < 4.78 is 0. The van der Waals surface area contributed by atoms with Gasteiger partial charge in [0, 0.05) is 11.1 Å². The molecule has 4 nitrogen and oxygen atoms in total. The van der Waals surface area contributed by atoms with Gasteiger partial charge < -0.3 is 10.8 Å². The molecule has 0 radical (unpaired) electrons. The van der Waals surface area contributed by atoms with Gasteiger partial charge in [-0.25, -0.2) is 4.79 Å². The Kier molecular flexibility index (Phi) is 3.53. The number of carboxylic acid groups (broad SMARTS) is 1. The average Bonchev–Trinajstić information content (AvgIpc) is 2.41. The van der Waals surface area contributed by atoms with Crippen LogP contribution in [0.2, 0.25) is 5.02 Å². The predicted octanol–water partition coefficient (Wildman–Crippen LogP) is 2.85. The monoisotopic (exact) mass is 275 g/mol. The van der Waals surface area contributed by atoms with Gasteiger partial charge in [-0.05, 0) is 12.1 Å². The van der Waals surface area contributed by atoms with Crippen LogP contribution in [0.15, 0.2) is 42.5 Å². The van der Waals surface area contributed by atoms with E-state index < -0.39 is 11.8 Å². The van der Waals surface area contributed by atoms with E-state index >= 15 is 0 Å². The maximum atomic E-state index is 12.3. The van der Waals surface area contributed by atoms with Crippen LogP contribution in [-0.4, -0.2) is 16.9 Å². The molecule has 0 aliphatic heterocycles. The van der Waals surface area contributed by atoms with Crippen molar-refractivity contribution in [3.05, 3.63) is 64.2 Å². The smallest absolute Gasteiger partial charge is 0.338 e. The van der Waals surface area contributed by atoms with Crippen molar-refractivity contribution in [2.24, 2.45) is 0 Å². The molecule has 2 aromatic carbocycles. The number of hydrogen-bond donors (Lipinski definition) is 2. The molecule has 5 heteroatoms. The van der Waals surface area contributed by atoms with Gasteiger partial charge in [0.05, 0.1) is 16.3 Å². The minimum absolute atomic E-state index is 0.0283. The molecule has 0 atom stereocenters. The van der Waals surface area contributed by atoms with E-state index in [1.165, 1.54) is 12.1 Å². The number of rotatable bonds is 3. The normalized spacial score (nSPS) is 10.2. The van der Waals surface area contributed by atoms with Crippen LogP contribution in [0, 0.1) is 0 Å². The highest BCUT2D eigenvalue weighted by Gasteiger charge is 2.22. The number of carbonyl (C=O) groups is 2. The van der Waals surface area contributed by atoms with E-state index in [4.69, 9.17) is 17.3 Å². The van der Waals surface area contributed by atoms with Crippen LogP contribution in [0.1, 0.15) is 26.3 Å². The zero-order valence-corrected chi connectivity index (χ0v) is 10.5. The van der Waals surface area contributed by atoms with Crippen LogP contribution in [0.3, 0.4) is 0 Å². The molecule has 96 valence electrons. The number of carbonyl (C=O) groups excluding carboxylic acids is 1. The highest BCUT2D eigenvalue weighted by atomic mass is 35.5. The lowest BCUT2D eigenvalue weighted by Crippen LogP contribution is -2.12. The van der Waals surface area contributed by atoms with Crippen molar-refractivity contribution in [1.82, 2.24) is 0 Å². The summed E-state index contributed by atoms with van der Waals surface area (Å²) in [6.45, 7) is 0. The third-order valence-corrected chi connectivity index (χ3v) is 3.02. The van der Waals surface area contributed by atoms with Gasteiger partial charge in [0.1, 0.15) is 0 Å². The second kappa shape index (κ2) is 5.12. The first-order valence-corrected chi connectivity index (χ1v) is 5.81. The number of hydrogen-bond acceptors (Lipinski definition) is 3. The number of benzene rings is 2. The molecule has 0 aromatic heterocycles. The van der Waals surface area contributed by atoms with Gasteiger partial charge in [0.15, 0.2) is 5.78 Å². The zero-order valence-electron chi connectivity index (χ0n) is 9.76. The third-order valence-electron chi connectivity index (χ3n) is 2.69. The van der Waals surface area contributed by atoms with Gasteiger partial charge in [-0.1, -0.05) is 41.9 Å². The number of carboxylic acids is 1. The van der Waals surface area contributed by atoms with E-state index in [1.807, 2.05) is 0 Å². The number of halogens is 1. The number of ketones is 1. The molecule has 0 heterocycles. The van der Waals surface area contributed by atoms with Gasteiger partial charge in [0.2, 0.25) is 0 Å². The molecule has 2 rings (SSSR count). The van der Waals surface area contributed by atoms with E-state index in [0.717, 1.165) is 0 Å². The Morgan fingerprint density at radius 2 is 1.68 bits per heavy atom. The van der Waals surface area contributed by atoms with Crippen molar-refractivity contribution in [3.8, 4) is 0 Å². The lowest BCUT2D eigenvalue weighted by Gasteiger charge is -2.09. The molecule has 0 unspecified atom stereocenters. The molecule has 0 fully saturated rings. The van der Waals surface area contributed by atoms with E-state index in [-0.39, 0.29) is 21.8 Å². The number of nitrogens with two attached hydrogens (primary N) is 1.